The van der Waals surface area contributed by atoms with E-state index < -0.39 is 5.97 Å². The molecule has 0 aliphatic carbocycles. The highest BCUT2D eigenvalue weighted by Crippen LogP contribution is 2.31. The maximum atomic E-state index is 11.6. The fourth-order valence-electron chi connectivity index (χ4n) is 2.88. The van der Waals surface area contributed by atoms with E-state index in [9.17, 15) is 9.90 Å². The maximum absolute atomic E-state index is 11.6. The van der Waals surface area contributed by atoms with Crippen LogP contribution in [-0.2, 0) is 0 Å². The summed E-state index contributed by atoms with van der Waals surface area (Å²) in [6.07, 6.45) is 1.97. The van der Waals surface area contributed by atoms with Crippen LogP contribution in [0.25, 0.3) is 10.2 Å². The van der Waals surface area contributed by atoms with Gasteiger partial charge in [0.15, 0.2) is 0 Å². The molecular weight excluding hydrogens is 360 g/mol. The number of benzene rings is 2. The summed E-state index contributed by atoms with van der Waals surface area (Å²) >= 11 is 1.41. The second-order valence-corrected chi connectivity index (χ2v) is 7.15. The van der Waals surface area contributed by atoms with Gasteiger partial charge in [-0.1, -0.05) is 37.3 Å². The van der Waals surface area contributed by atoms with E-state index in [-0.39, 0.29) is 11.3 Å². The predicted octanol–water partition coefficient (Wildman–Crippen LogP) is 4.70. The first-order chi connectivity index (χ1) is 13.1. The van der Waals surface area contributed by atoms with Gasteiger partial charge in [-0.25, -0.2) is 4.98 Å². The maximum Gasteiger partial charge on any atom is 0.231 e. The van der Waals surface area contributed by atoms with Gasteiger partial charge in [0.25, 0.3) is 0 Å². The molecule has 140 valence electrons. The number of aromatic nitrogens is 1. The van der Waals surface area contributed by atoms with E-state index in [4.69, 9.17) is 0 Å². The molecule has 6 nitrogen and oxygen atoms in total. The highest BCUT2D eigenvalue weighted by molar-refractivity contribution is 7.21. The zero-order valence-corrected chi connectivity index (χ0v) is 16.2. The third-order valence-corrected chi connectivity index (χ3v) is 5.00. The van der Waals surface area contributed by atoms with Gasteiger partial charge in [0, 0.05) is 24.3 Å². The summed E-state index contributed by atoms with van der Waals surface area (Å²) in [5, 5.41) is 20.4. The van der Waals surface area contributed by atoms with Gasteiger partial charge in [-0.05, 0) is 43.2 Å². The summed E-state index contributed by atoms with van der Waals surface area (Å²) < 4.78 is 1.01. The highest BCUT2D eigenvalue weighted by atomic mass is 32.1. The number of carbonyl (C=O) groups is 1. The smallest absolute Gasteiger partial charge is 0.231 e. The zero-order chi connectivity index (χ0) is 19.2. The summed E-state index contributed by atoms with van der Waals surface area (Å²) in [6.45, 7) is 5.94. The third kappa shape index (κ3) is 4.49. The molecule has 2 aromatic carbocycles. The minimum atomic E-state index is -1.26. The monoisotopic (exact) mass is 381 g/mol. The van der Waals surface area contributed by atoms with Gasteiger partial charge in [-0.3, -0.25) is 0 Å². The van der Waals surface area contributed by atoms with Crippen LogP contribution in [0.2, 0.25) is 0 Å². The normalized spacial score (nSPS) is 11.3. The Bertz CT molecular complexity index is 929. The Hall–Kier alpha value is -2.80. The SMILES string of the molecule is CCCN(CCC)c1ccc(N=Nc2nc3ccccc3s2)c(C(=O)[O-])c1. The lowest BCUT2D eigenvalue weighted by molar-refractivity contribution is -0.254. The Kier molecular flexibility index (Phi) is 6.13. The molecule has 0 amide bonds. The van der Waals surface area contributed by atoms with Crippen LogP contribution in [0.15, 0.2) is 52.7 Å². The van der Waals surface area contributed by atoms with Crippen molar-refractivity contribution in [3.05, 3.63) is 48.0 Å². The van der Waals surface area contributed by atoms with Gasteiger partial charge in [0.2, 0.25) is 5.13 Å². The molecule has 7 heteroatoms. The number of carbonyl (C=O) groups excluding carboxylic acids is 1. The molecule has 1 heterocycles. The fourth-order valence-corrected chi connectivity index (χ4v) is 3.67. The van der Waals surface area contributed by atoms with Crippen molar-refractivity contribution in [3.8, 4) is 0 Å². The van der Waals surface area contributed by atoms with Crippen molar-refractivity contribution in [2.75, 3.05) is 18.0 Å². The molecule has 0 fully saturated rings. The summed E-state index contributed by atoms with van der Waals surface area (Å²) in [6, 6.07) is 12.9. The molecule has 27 heavy (non-hydrogen) atoms. The molecule has 1 aromatic heterocycles. The number of hydrogen-bond donors (Lipinski definition) is 0. The molecule has 0 saturated carbocycles. The molecule has 0 N–H and O–H groups in total. The lowest BCUT2D eigenvalue weighted by Crippen LogP contribution is -2.26. The van der Waals surface area contributed by atoms with Crippen LogP contribution in [0.4, 0.5) is 16.5 Å². The average molecular weight is 381 g/mol. The second-order valence-electron chi connectivity index (χ2n) is 6.14. The van der Waals surface area contributed by atoms with E-state index in [1.54, 1.807) is 12.1 Å². The van der Waals surface area contributed by atoms with Crippen molar-refractivity contribution >= 4 is 44.0 Å². The summed E-state index contributed by atoms with van der Waals surface area (Å²) in [7, 11) is 0. The van der Waals surface area contributed by atoms with Crippen molar-refractivity contribution in [2.24, 2.45) is 10.2 Å². The molecule has 0 aliphatic rings. The molecule has 0 bridgehead atoms. The number of para-hydroxylation sites is 1. The van der Waals surface area contributed by atoms with Gasteiger partial charge in [0.1, 0.15) is 0 Å². The van der Waals surface area contributed by atoms with Crippen molar-refractivity contribution in [3.63, 3.8) is 0 Å². The van der Waals surface area contributed by atoms with Gasteiger partial charge >= 0.3 is 0 Å². The number of thiazole rings is 1. The zero-order valence-electron chi connectivity index (χ0n) is 15.4. The van der Waals surface area contributed by atoms with E-state index in [0.29, 0.717) is 5.13 Å². The topological polar surface area (TPSA) is 81.0 Å². The molecule has 0 saturated heterocycles. The minimum Gasteiger partial charge on any atom is -0.545 e. The molecular formula is C20H21N4O2S-. The van der Waals surface area contributed by atoms with Crippen LogP contribution in [0, 0.1) is 0 Å². The molecule has 0 spiro atoms. The molecule has 0 radical (unpaired) electrons. The Morgan fingerprint density at radius 1 is 1.11 bits per heavy atom. The number of carboxylic acids is 1. The summed E-state index contributed by atoms with van der Waals surface area (Å²) in [5.41, 5.74) is 2.01. The summed E-state index contributed by atoms with van der Waals surface area (Å²) in [5.74, 6) is -1.26. The lowest BCUT2D eigenvalue weighted by atomic mass is 10.1. The number of aromatic carboxylic acids is 1. The van der Waals surface area contributed by atoms with E-state index >= 15 is 0 Å². The van der Waals surface area contributed by atoms with Crippen molar-refractivity contribution in [1.29, 1.82) is 0 Å². The summed E-state index contributed by atoms with van der Waals surface area (Å²) in [4.78, 5) is 18.2. The Balaban J connectivity index is 1.91. The van der Waals surface area contributed by atoms with E-state index in [1.807, 2.05) is 30.3 Å². The largest absolute Gasteiger partial charge is 0.545 e. The van der Waals surface area contributed by atoms with Crippen LogP contribution in [0.5, 0.6) is 0 Å². The molecule has 3 rings (SSSR count). The number of fused-ring (bicyclic) bond motifs is 1. The Labute approximate surface area is 162 Å². The minimum absolute atomic E-state index is 0.0366. The first-order valence-electron chi connectivity index (χ1n) is 9.00. The van der Waals surface area contributed by atoms with Crippen molar-refractivity contribution in [1.82, 2.24) is 4.98 Å². The van der Waals surface area contributed by atoms with Crippen LogP contribution in [0.1, 0.15) is 37.0 Å². The van der Waals surface area contributed by atoms with Gasteiger partial charge in [-0.2, -0.15) is 0 Å². The van der Waals surface area contributed by atoms with Crippen molar-refractivity contribution < 1.29 is 9.90 Å². The van der Waals surface area contributed by atoms with Crippen LogP contribution < -0.4 is 10.0 Å². The van der Waals surface area contributed by atoms with Gasteiger partial charge in [-0.15, -0.1) is 10.2 Å². The number of hydrogen-bond acceptors (Lipinski definition) is 7. The van der Waals surface area contributed by atoms with E-state index in [2.05, 4.69) is 34.0 Å². The van der Waals surface area contributed by atoms with Crippen LogP contribution in [0.3, 0.4) is 0 Å². The van der Waals surface area contributed by atoms with Crippen LogP contribution >= 0.6 is 11.3 Å². The average Bonchev–Trinajstić information content (AvgIpc) is 3.09. The highest BCUT2D eigenvalue weighted by Gasteiger charge is 2.10. The quantitative estimate of drug-likeness (QED) is 0.530. The number of rotatable bonds is 8. The number of anilines is 1. The third-order valence-electron chi connectivity index (χ3n) is 4.08. The molecule has 0 aliphatic heterocycles. The fraction of sp³-hybridized carbons (Fsp3) is 0.300. The Morgan fingerprint density at radius 2 is 1.85 bits per heavy atom. The number of nitrogens with zero attached hydrogens (tertiary/aromatic N) is 4. The Morgan fingerprint density at radius 3 is 2.52 bits per heavy atom. The first kappa shape index (κ1) is 19.0. The number of carboxylic acid groups (broad SMARTS) is 1. The standard InChI is InChI=1S/C20H22N4O2S/c1-3-11-24(12-4-2)14-9-10-16(15(13-14)19(25)26)22-23-20-21-17-7-5-6-8-18(17)27-20/h5-10,13H,3-4,11-12H2,1-2H3,(H,25,26)/p-1. The lowest BCUT2D eigenvalue weighted by Gasteiger charge is -2.24. The van der Waals surface area contributed by atoms with Gasteiger partial charge < -0.3 is 14.8 Å². The van der Waals surface area contributed by atoms with E-state index in [1.165, 1.54) is 11.3 Å². The van der Waals surface area contributed by atoms with Crippen molar-refractivity contribution in [2.45, 2.75) is 26.7 Å². The first-order valence-corrected chi connectivity index (χ1v) is 9.81. The predicted molar refractivity (Wildman–Crippen MR) is 107 cm³/mol. The molecule has 3 aromatic rings. The number of azo groups is 1. The molecule has 0 atom stereocenters. The van der Waals surface area contributed by atoms with Crippen LogP contribution in [-0.4, -0.2) is 24.0 Å². The van der Waals surface area contributed by atoms with Gasteiger partial charge in [0.05, 0.1) is 21.9 Å². The second kappa shape index (κ2) is 8.73. The van der Waals surface area contributed by atoms with E-state index in [0.717, 1.165) is 41.8 Å². The molecule has 0 unspecified atom stereocenters.